The zero-order valence-electron chi connectivity index (χ0n) is 24.3. The van der Waals surface area contributed by atoms with E-state index in [4.69, 9.17) is 30.0 Å². The largest absolute Gasteiger partial charge is 0.411 e. The molecule has 222 valence electrons. The Hall–Kier alpha value is -1.05. The summed E-state index contributed by atoms with van der Waals surface area (Å²) < 4.78 is 28.0. The van der Waals surface area contributed by atoms with Crippen molar-refractivity contribution in [3.05, 3.63) is 39.3 Å². The van der Waals surface area contributed by atoms with Gasteiger partial charge in [0.05, 0.1) is 25.1 Å². The first-order valence-electron chi connectivity index (χ1n) is 13.8. The molecule has 2 aromatic rings. The lowest BCUT2D eigenvalue weighted by molar-refractivity contribution is -0.0367. The highest BCUT2D eigenvalue weighted by Gasteiger charge is 2.54. The van der Waals surface area contributed by atoms with Crippen molar-refractivity contribution in [2.24, 2.45) is 5.92 Å². The smallest absolute Gasteiger partial charge is 0.327 e. The van der Waals surface area contributed by atoms with Crippen molar-refractivity contribution in [1.29, 1.82) is 0 Å². The molecule has 1 unspecified atom stereocenters. The van der Waals surface area contributed by atoms with E-state index in [1.807, 2.05) is 0 Å². The molecule has 1 aliphatic carbocycles. The van der Waals surface area contributed by atoms with E-state index in [0.29, 0.717) is 18.0 Å². The van der Waals surface area contributed by atoms with Gasteiger partial charge in [-0.1, -0.05) is 44.3 Å². The molecule has 40 heavy (non-hydrogen) atoms. The quantitative estimate of drug-likeness (QED) is 0.229. The third-order valence-electron chi connectivity index (χ3n) is 9.05. The highest BCUT2D eigenvalue weighted by molar-refractivity contribution is 8.68. The summed E-state index contributed by atoms with van der Waals surface area (Å²) >= 11 is 7.72. The minimum atomic E-state index is -2.61. The first-order valence-corrected chi connectivity index (χ1v) is 20.8. The maximum absolute atomic E-state index is 12.3. The number of aromatic nitrogens is 4. The number of allylic oxidation sites excluding steroid dienone is 1. The molecular weight excluding hydrogens is 588 g/mol. The average Bonchev–Trinajstić information content (AvgIpc) is 3.49. The number of hydrogen-bond acceptors (Lipinski definition) is 9. The number of fused-ring (bicyclic) bond motifs is 2. The van der Waals surface area contributed by atoms with Crippen molar-refractivity contribution in [3.8, 4) is 0 Å². The Morgan fingerprint density at radius 3 is 2.75 bits per heavy atom. The Bertz CT molecular complexity index is 1470. The molecule has 0 bridgehead atoms. The Balaban J connectivity index is 1.37. The molecule has 2 N–H and O–H groups in total. The van der Waals surface area contributed by atoms with Crippen LogP contribution in [0.4, 0.5) is 0 Å². The van der Waals surface area contributed by atoms with Gasteiger partial charge in [-0.05, 0) is 69.0 Å². The number of H-pyrrole nitrogens is 2. The minimum Gasteiger partial charge on any atom is -0.411 e. The molecular formula is C26H41N4O6PS2Si. The standard InChI is InChI=1S/C26H41N4O6PS2Si/c1-15(2)16-9-10-26(6)19(11-16)35-37(38,39-26)33-13-18-17(36-40(7,8)25(3,4)5)12-20(34-18)30-14-27-21-22(30)28-24(32)29-23(21)31/h14,16-20H,1,9-13H2,2-8H3,(H2,28,29,31,32)/t16-,17+,18-,19+,20-,26+,37?/m1/s1. The van der Waals surface area contributed by atoms with Gasteiger partial charge in [-0.15, -0.1) is 0 Å². The number of nitrogens with one attached hydrogen (secondary N) is 2. The first kappa shape index (κ1) is 30.4. The molecule has 0 amide bonds. The SMILES string of the molecule is C=C(C)[C@@H]1CC[C@]2(C)SP(=S)(OC[C@H]3O[C@@H](n4cnc5c(=O)[nH]c(=O)[nH]c54)C[C@@H]3O[Si](C)(C)C(C)(C)C)O[C@H]2C1. The zero-order chi connectivity index (χ0) is 29.3. The first-order chi connectivity index (χ1) is 18.5. The second-order valence-electron chi connectivity index (χ2n) is 13.1. The molecule has 7 atom stereocenters. The lowest BCUT2D eigenvalue weighted by Crippen LogP contribution is -2.46. The highest BCUT2D eigenvalue weighted by Crippen LogP contribution is 2.75. The maximum atomic E-state index is 12.3. The van der Waals surface area contributed by atoms with Crippen LogP contribution >= 0.6 is 17.1 Å². The van der Waals surface area contributed by atoms with Crippen LogP contribution in [0.2, 0.25) is 18.1 Å². The summed E-state index contributed by atoms with van der Waals surface area (Å²) in [6.07, 6.45) is 3.93. The van der Waals surface area contributed by atoms with Gasteiger partial charge in [0.2, 0.25) is 5.69 Å². The van der Waals surface area contributed by atoms with Crippen LogP contribution in [0.1, 0.15) is 66.5 Å². The zero-order valence-corrected chi connectivity index (χ0v) is 27.8. The molecule has 5 rings (SSSR count). The van der Waals surface area contributed by atoms with Crippen molar-refractivity contribution >= 4 is 48.4 Å². The number of hydrogen-bond donors (Lipinski definition) is 2. The number of rotatable bonds is 7. The number of imidazole rings is 1. The van der Waals surface area contributed by atoms with Crippen molar-refractivity contribution < 1.29 is 18.2 Å². The Kier molecular flexibility index (Phi) is 8.05. The van der Waals surface area contributed by atoms with Crippen LogP contribution in [-0.2, 0) is 30.0 Å². The van der Waals surface area contributed by atoms with Gasteiger partial charge in [0, 0.05) is 11.2 Å². The fourth-order valence-corrected chi connectivity index (χ4v) is 14.0. The summed E-state index contributed by atoms with van der Waals surface area (Å²) in [6, 6.07) is 0. The summed E-state index contributed by atoms with van der Waals surface area (Å²) in [6.45, 7) is 19.8. The lowest BCUT2D eigenvalue weighted by Gasteiger charge is -2.39. The van der Waals surface area contributed by atoms with Crippen LogP contribution in [0, 0.1) is 5.92 Å². The third kappa shape index (κ3) is 5.77. The third-order valence-corrected chi connectivity index (χ3v) is 19.4. The Morgan fingerprint density at radius 1 is 1.35 bits per heavy atom. The number of ether oxygens (including phenoxy) is 1. The van der Waals surface area contributed by atoms with Crippen LogP contribution in [0.5, 0.6) is 0 Å². The van der Waals surface area contributed by atoms with E-state index in [9.17, 15) is 9.59 Å². The monoisotopic (exact) mass is 628 g/mol. The van der Waals surface area contributed by atoms with Crippen molar-refractivity contribution in [1.82, 2.24) is 19.5 Å². The molecule has 3 aliphatic rings. The minimum absolute atomic E-state index is 0.00249. The normalized spacial score (nSPS) is 34.8. The van der Waals surface area contributed by atoms with Gasteiger partial charge in [0.25, 0.3) is 5.56 Å². The van der Waals surface area contributed by atoms with E-state index >= 15 is 0 Å². The molecule has 2 saturated heterocycles. The highest BCUT2D eigenvalue weighted by atomic mass is 32.9. The maximum Gasteiger partial charge on any atom is 0.327 e. The fraction of sp³-hybridized carbons (Fsp3) is 0.731. The van der Waals surface area contributed by atoms with Crippen LogP contribution in [-0.4, -0.2) is 57.5 Å². The van der Waals surface area contributed by atoms with E-state index in [-0.39, 0.29) is 34.1 Å². The van der Waals surface area contributed by atoms with E-state index < -0.39 is 37.6 Å². The summed E-state index contributed by atoms with van der Waals surface area (Å²) in [5.74, 6) is 0.449. The summed E-state index contributed by atoms with van der Waals surface area (Å²) in [4.78, 5) is 33.4. The van der Waals surface area contributed by atoms with Crippen LogP contribution < -0.4 is 11.2 Å². The summed E-state index contributed by atoms with van der Waals surface area (Å²) in [5, 5.41) is -0.00249. The van der Waals surface area contributed by atoms with Crippen molar-refractivity contribution in [3.63, 3.8) is 0 Å². The molecule has 1 saturated carbocycles. The van der Waals surface area contributed by atoms with Gasteiger partial charge in [0.1, 0.15) is 18.0 Å². The Morgan fingerprint density at radius 2 is 2.08 bits per heavy atom. The molecule has 2 aromatic heterocycles. The van der Waals surface area contributed by atoms with Crippen molar-refractivity contribution in [2.45, 2.75) is 108 Å². The lowest BCUT2D eigenvalue weighted by atomic mass is 9.77. The average molecular weight is 629 g/mol. The van der Waals surface area contributed by atoms with Gasteiger partial charge in [-0.25, -0.2) is 9.78 Å². The number of aromatic amines is 2. The van der Waals surface area contributed by atoms with E-state index in [0.717, 1.165) is 19.3 Å². The molecule has 4 heterocycles. The second kappa shape index (κ2) is 10.6. The Labute approximate surface area is 245 Å². The topological polar surface area (TPSA) is 120 Å². The number of nitrogens with zero attached hydrogens (tertiary/aromatic N) is 2. The van der Waals surface area contributed by atoms with Gasteiger partial charge < -0.3 is 18.2 Å². The van der Waals surface area contributed by atoms with Crippen molar-refractivity contribution in [2.75, 3.05) is 6.61 Å². The molecule has 2 aliphatic heterocycles. The molecule has 3 fully saturated rings. The molecule has 0 radical (unpaired) electrons. The summed E-state index contributed by atoms with van der Waals surface area (Å²) in [7, 11) is -2.17. The van der Waals surface area contributed by atoms with Crippen LogP contribution in [0.25, 0.3) is 11.2 Å². The van der Waals surface area contributed by atoms with Gasteiger partial charge >= 0.3 is 5.69 Å². The van der Waals surface area contributed by atoms with Gasteiger partial charge in [0.15, 0.2) is 13.8 Å². The van der Waals surface area contributed by atoms with E-state index in [1.165, 1.54) is 11.9 Å². The molecule has 14 heteroatoms. The van der Waals surface area contributed by atoms with Gasteiger partial charge in [-0.2, -0.15) is 0 Å². The van der Waals surface area contributed by atoms with E-state index in [1.54, 1.807) is 15.9 Å². The predicted octanol–water partition coefficient (Wildman–Crippen LogP) is 5.60. The molecule has 10 nitrogen and oxygen atoms in total. The summed E-state index contributed by atoms with van der Waals surface area (Å²) in [5.41, 5.74) is -2.08. The van der Waals surface area contributed by atoms with Gasteiger partial charge in [-0.3, -0.25) is 19.3 Å². The van der Waals surface area contributed by atoms with Crippen LogP contribution in [0.3, 0.4) is 0 Å². The van der Waals surface area contributed by atoms with E-state index in [2.05, 4.69) is 69.2 Å². The molecule has 0 spiro atoms. The fourth-order valence-electron chi connectivity index (χ4n) is 5.48. The molecule has 0 aromatic carbocycles. The second-order valence-corrected chi connectivity index (χ2v) is 24.5. The van der Waals surface area contributed by atoms with Crippen LogP contribution in [0.15, 0.2) is 28.1 Å². The predicted molar refractivity (Wildman–Crippen MR) is 165 cm³/mol.